The summed E-state index contributed by atoms with van der Waals surface area (Å²) in [7, 11) is 0. The van der Waals surface area contributed by atoms with Crippen LogP contribution in [-0.4, -0.2) is 4.57 Å². The number of hydrogen-bond donors (Lipinski definition) is 1. The summed E-state index contributed by atoms with van der Waals surface area (Å²) in [5.41, 5.74) is 12.1. The number of nitrogens with one attached hydrogen (secondary N) is 1. The standard InChI is InChI=1S/C42H32N2/c1-2-10-30(11-3-1)33-12-8-13-34(28-33)31-20-24-36(25-21-31)43-37-26-22-32(23-27-37)35-14-9-15-38(29-35)44-41-18-6-4-16-39(41)40-17-5-7-19-42(40)44/h1-14,16-29,38,43H,15H2. The lowest BCUT2D eigenvalue weighted by atomic mass is 9.96. The van der Waals surface area contributed by atoms with Crippen LogP contribution in [0.15, 0.2) is 170 Å². The molecule has 1 atom stereocenters. The number of para-hydroxylation sites is 2. The summed E-state index contributed by atoms with van der Waals surface area (Å²) in [4.78, 5) is 0. The van der Waals surface area contributed by atoms with Gasteiger partial charge in [-0.3, -0.25) is 0 Å². The Morgan fingerprint density at radius 2 is 1.00 bits per heavy atom. The average molecular weight is 565 g/mol. The van der Waals surface area contributed by atoms with Crippen molar-refractivity contribution in [2.24, 2.45) is 0 Å². The number of aromatic nitrogens is 1. The molecule has 6 aromatic carbocycles. The summed E-state index contributed by atoms with van der Waals surface area (Å²) in [6.07, 6.45) is 7.98. The van der Waals surface area contributed by atoms with Gasteiger partial charge in [-0.25, -0.2) is 0 Å². The molecule has 2 nitrogen and oxygen atoms in total. The highest BCUT2D eigenvalue weighted by Gasteiger charge is 2.18. The van der Waals surface area contributed by atoms with E-state index in [1.807, 2.05) is 0 Å². The van der Waals surface area contributed by atoms with Crippen LogP contribution in [0, 0.1) is 0 Å². The molecule has 0 radical (unpaired) electrons. The van der Waals surface area contributed by atoms with Gasteiger partial charge in [0.1, 0.15) is 0 Å². The Bertz CT molecular complexity index is 2090. The first kappa shape index (κ1) is 26.1. The molecule has 210 valence electrons. The fraction of sp³-hybridized carbons (Fsp3) is 0.0476. The van der Waals surface area contributed by atoms with Gasteiger partial charge in [0.25, 0.3) is 0 Å². The van der Waals surface area contributed by atoms with Crippen LogP contribution in [0.3, 0.4) is 0 Å². The van der Waals surface area contributed by atoms with Crippen LogP contribution in [0.4, 0.5) is 11.4 Å². The Labute approximate surface area is 258 Å². The average Bonchev–Trinajstić information content (AvgIpc) is 3.44. The van der Waals surface area contributed by atoms with Crippen molar-refractivity contribution in [1.82, 2.24) is 4.57 Å². The monoisotopic (exact) mass is 564 g/mol. The van der Waals surface area contributed by atoms with Crippen molar-refractivity contribution in [3.63, 3.8) is 0 Å². The Kier molecular flexibility index (Phi) is 6.66. The van der Waals surface area contributed by atoms with E-state index >= 15 is 0 Å². The molecule has 44 heavy (non-hydrogen) atoms. The fourth-order valence-electron chi connectivity index (χ4n) is 6.52. The Morgan fingerprint density at radius 3 is 1.64 bits per heavy atom. The maximum atomic E-state index is 3.58. The van der Waals surface area contributed by atoms with E-state index < -0.39 is 0 Å². The molecular formula is C42H32N2. The first-order chi connectivity index (χ1) is 21.8. The maximum absolute atomic E-state index is 3.58. The van der Waals surface area contributed by atoms with E-state index in [1.54, 1.807) is 0 Å². The zero-order valence-corrected chi connectivity index (χ0v) is 24.4. The minimum atomic E-state index is 0.268. The lowest BCUT2D eigenvalue weighted by Gasteiger charge is -2.21. The summed E-state index contributed by atoms with van der Waals surface area (Å²) in [5.74, 6) is 0. The number of rotatable bonds is 6. The molecule has 1 heterocycles. The van der Waals surface area contributed by atoms with Crippen LogP contribution in [0.1, 0.15) is 18.0 Å². The van der Waals surface area contributed by atoms with Crippen LogP contribution in [0.5, 0.6) is 0 Å². The molecule has 1 aromatic heterocycles. The summed E-state index contributed by atoms with van der Waals surface area (Å²) >= 11 is 0. The Morgan fingerprint density at radius 1 is 0.477 bits per heavy atom. The van der Waals surface area contributed by atoms with Crippen LogP contribution < -0.4 is 5.32 Å². The van der Waals surface area contributed by atoms with Crippen molar-refractivity contribution in [1.29, 1.82) is 0 Å². The molecule has 1 aliphatic rings. The van der Waals surface area contributed by atoms with Gasteiger partial charge in [-0.05, 0) is 82.3 Å². The van der Waals surface area contributed by atoms with Gasteiger partial charge >= 0.3 is 0 Å². The highest BCUT2D eigenvalue weighted by Crippen LogP contribution is 2.37. The van der Waals surface area contributed by atoms with Gasteiger partial charge in [0.2, 0.25) is 0 Å². The molecule has 2 heteroatoms. The number of nitrogens with zero attached hydrogens (tertiary/aromatic N) is 1. The predicted octanol–water partition coefficient (Wildman–Crippen LogP) is 11.5. The minimum absolute atomic E-state index is 0.268. The van der Waals surface area contributed by atoms with Crippen molar-refractivity contribution in [2.75, 3.05) is 5.32 Å². The second kappa shape index (κ2) is 11.2. The molecule has 1 N–H and O–H groups in total. The largest absolute Gasteiger partial charge is 0.356 e. The first-order valence-electron chi connectivity index (χ1n) is 15.3. The zero-order chi connectivity index (χ0) is 29.3. The molecule has 7 aromatic rings. The maximum Gasteiger partial charge on any atom is 0.0566 e. The van der Waals surface area contributed by atoms with Gasteiger partial charge in [0.05, 0.1) is 6.04 Å². The lowest BCUT2D eigenvalue weighted by molar-refractivity contribution is 0.650. The molecule has 1 unspecified atom stereocenters. The molecular weight excluding hydrogens is 532 g/mol. The van der Waals surface area contributed by atoms with E-state index in [9.17, 15) is 0 Å². The lowest BCUT2D eigenvalue weighted by Crippen LogP contribution is -2.08. The van der Waals surface area contributed by atoms with Crippen molar-refractivity contribution in [3.05, 3.63) is 175 Å². The van der Waals surface area contributed by atoms with Crippen molar-refractivity contribution in [3.8, 4) is 22.3 Å². The number of fused-ring (bicyclic) bond motifs is 3. The molecule has 0 bridgehead atoms. The van der Waals surface area contributed by atoms with Crippen molar-refractivity contribution < 1.29 is 0 Å². The summed E-state index contributed by atoms with van der Waals surface area (Å²) in [6, 6.07) is 54.5. The molecule has 0 amide bonds. The Hall–Kier alpha value is -5.60. The topological polar surface area (TPSA) is 17.0 Å². The van der Waals surface area contributed by atoms with Gasteiger partial charge < -0.3 is 9.88 Å². The van der Waals surface area contributed by atoms with Crippen molar-refractivity contribution in [2.45, 2.75) is 12.5 Å². The molecule has 0 saturated carbocycles. The summed E-state index contributed by atoms with van der Waals surface area (Å²) in [6.45, 7) is 0. The minimum Gasteiger partial charge on any atom is -0.356 e. The number of allylic oxidation sites excluding steroid dienone is 4. The summed E-state index contributed by atoms with van der Waals surface area (Å²) < 4.78 is 2.51. The zero-order valence-electron chi connectivity index (χ0n) is 24.4. The third-order valence-electron chi connectivity index (χ3n) is 8.69. The highest BCUT2D eigenvalue weighted by atomic mass is 15.0. The third-order valence-corrected chi connectivity index (χ3v) is 8.69. The van der Waals surface area contributed by atoms with Crippen LogP contribution >= 0.6 is 0 Å². The molecule has 0 fully saturated rings. The number of anilines is 2. The quantitative estimate of drug-likeness (QED) is 0.213. The summed E-state index contributed by atoms with van der Waals surface area (Å²) in [5, 5.41) is 6.21. The smallest absolute Gasteiger partial charge is 0.0566 e. The Balaban J connectivity index is 1.01. The van der Waals surface area contributed by atoms with Gasteiger partial charge in [0.15, 0.2) is 0 Å². The van der Waals surface area contributed by atoms with Crippen LogP contribution in [0.25, 0.3) is 49.6 Å². The van der Waals surface area contributed by atoms with Crippen LogP contribution in [-0.2, 0) is 0 Å². The normalized spacial score (nSPS) is 14.5. The van der Waals surface area contributed by atoms with E-state index in [1.165, 1.54) is 55.2 Å². The molecule has 0 spiro atoms. The van der Waals surface area contributed by atoms with Gasteiger partial charge in [-0.2, -0.15) is 0 Å². The second-order valence-corrected chi connectivity index (χ2v) is 11.5. The predicted molar refractivity (Wildman–Crippen MR) is 187 cm³/mol. The molecule has 0 aliphatic heterocycles. The van der Waals surface area contributed by atoms with Gasteiger partial charge in [-0.15, -0.1) is 0 Å². The van der Waals surface area contributed by atoms with Crippen molar-refractivity contribution >= 4 is 38.8 Å². The molecule has 0 saturated heterocycles. The third kappa shape index (κ3) is 4.91. The number of benzene rings is 6. The van der Waals surface area contributed by atoms with E-state index in [4.69, 9.17) is 0 Å². The van der Waals surface area contributed by atoms with E-state index in [0.29, 0.717) is 0 Å². The van der Waals surface area contributed by atoms with E-state index in [0.717, 1.165) is 17.8 Å². The molecule has 1 aliphatic carbocycles. The highest BCUT2D eigenvalue weighted by molar-refractivity contribution is 6.08. The SMILES string of the molecule is C1=CC(c2ccc(Nc3ccc(-c4cccc(-c5ccccc5)c4)cc3)cc2)=CC(n2c3ccccc3c3ccccc32)C1. The van der Waals surface area contributed by atoms with E-state index in [-0.39, 0.29) is 6.04 Å². The van der Waals surface area contributed by atoms with Crippen LogP contribution in [0.2, 0.25) is 0 Å². The molecule has 8 rings (SSSR count). The fourth-order valence-corrected chi connectivity index (χ4v) is 6.52. The number of hydrogen-bond acceptors (Lipinski definition) is 1. The second-order valence-electron chi connectivity index (χ2n) is 11.5. The first-order valence-corrected chi connectivity index (χ1v) is 15.3. The van der Waals surface area contributed by atoms with Gasteiger partial charge in [0, 0.05) is 33.2 Å². The van der Waals surface area contributed by atoms with E-state index in [2.05, 4.69) is 180 Å². The van der Waals surface area contributed by atoms with Gasteiger partial charge in [-0.1, -0.05) is 127 Å².